The number of amides is 1. The van der Waals surface area contributed by atoms with E-state index in [0.29, 0.717) is 12.5 Å². The molecule has 116 valence electrons. The molecule has 0 aliphatic rings. The van der Waals surface area contributed by atoms with E-state index in [-0.39, 0.29) is 23.0 Å². The lowest BCUT2D eigenvalue weighted by atomic mass is 10.2. The predicted molar refractivity (Wildman–Crippen MR) is 77.7 cm³/mol. The summed E-state index contributed by atoms with van der Waals surface area (Å²) >= 11 is 0. The molecule has 0 aliphatic heterocycles. The zero-order chi connectivity index (χ0) is 16.0. The number of nitrogens with one attached hydrogen (secondary N) is 1. The normalized spacial score (nSPS) is 11.2. The van der Waals surface area contributed by atoms with Crippen LogP contribution in [0.15, 0.2) is 29.2 Å². The van der Waals surface area contributed by atoms with Crippen LogP contribution in [0.1, 0.15) is 24.2 Å². The van der Waals surface area contributed by atoms with Gasteiger partial charge in [-0.1, -0.05) is 13.8 Å². The topological polar surface area (TPSA) is 89.5 Å². The van der Waals surface area contributed by atoms with Gasteiger partial charge in [-0.3, -0.25) is 4.79 Å². The Labute approximate surface area is 124 Å². The van der Waals surface area contributed by atoms with E-state index in [1.54, 1.807) is 0 Å². The molecule has 0 bridgehead atoms. The highest BCUT2D eigenvalue weighted by molar-refractivity contribution is 7.90. The second-order valence-corrected chi connectivity index (χ2v) is 7.09. The molecule has 0 spiro atoms. The molecule has 1 aromatic rings. The molecule has 0 unspecified atom stereocenters. The fourth-order valence-electron chi connectivity index (χ4n) is 1.42. The third-order valence-electron chi connectivity index (χ3n) is 2.56. The van der Waals surface area contributed by atoms with Crippen molar-refractivity contribution in [1.29, 1.82) is 0 Å². The predicted octanol–water partition coefficient (Wildman–Crippen LogP) is 1.02. The van der Waals surface area contributed by atoms with Gasteiger partial charge in [0.05, 0.1) is 10.5 Å². The van der Waals surface area contributed by atoms with Gasteiger partial charge < -0.3 is 10.1 Å². The lowest BCUT2D eigenvalue weighted by molar-refractivity contribution is -0.124. The van der Waals surface area contributed by atoms with Crippen LogP contribution in [0.25, 0.3) is 0 Å². The van der Waals surface area contributed by atoms with Crippen molar-refractivity contribution in [2.45, 2.75) is 18.7 Å². The highest BCUT2D eigenvalue weighted by Crippen LogP contribution is 2.11. The lowest BCUT2D eigenvalue weighted by Gasteiger charge is -2.08. The van der Waals surface area contributed by atoms with E-state index in [1.165, 1.54) is 24.3 Å². The highest BCUT2D eigenvalue weighted by atomic mass is 32.2. The molecule has 21 heavy (non-hydrogen) atoms. The molecule has 0 aliphatic carbocycles. The Morgan fingerprint density at radius 3 is 2.24 bits per heavy atom. The van der Waals surface area contributed by atoms with Gasteiger partial charge in [0, 0.05) is 12.8 Å². The summed E-state index contributed by atoms with van der Waals surface area (Å²) in [5.74, 6) is -0.729. The van der Waals surface area contributed by atoms with E-state index in [0.717, 1.165) is 6.26 Å². The van der Waals surface area contributed by atoms with Crippen LogP contribution in [0, 0.1) is 5.92 Å². The maximum Gasteiger partial charge on any atom is 0.338 e. The number of benzene rings is 1. The van der Waals surface area contributed by atoms with Crippen molar-refractivity contribution < 1.29 is 22.7 Å². The first kappa shape index (κ1) is 17.2. The Morgan fingerprint density at radius 1 is 1.19 bits per heavy atom. The van der Waals surface area contributed by atoms with Crippen molar-refractivity contribution in [2.24, 2.45) is 5.92 Å². The summed E-state index contributed by atoms with van der Waals surface area (Å²) in [6.45, 7) is 4.06. The van der Waals surface area contributed by atoms with E-state index in [4.69, 9.17) is 4.74 Å². The average molecular weight is 313 g/mol. The number of carbonyl (C=O) groups is 2. The number of hydrogen-bond acceptors (Lipinski definition) is 5. The number of rotatable bonds is 6. The molecular formula is C14H19NO5S. The Balaban J connectivity index is 2.55. The van der Waals surface area contributed by atoms with Crippen LogP contribution in [-0.2, 0) is 19.4 Å². The van der Waals surface area contributed by atoms with Gasteiger partial charge in [-0.2, -0.15) is 0 Å². The monoisotopic (exact) mass is 313 g/mol. The highest BCUT2D eigenvalue weighted by Gasteiger charge is 2.12. The van der Waals surface area contributed by atoms with Crippen molar-refractivity contribution in [1.82, 2.24) is 5.32 Å². The third kappa shape index (κ3) is 5.95. The van der Waals surface area contributed by atoms with E-state index < -0.39 is 15.8 Å². The molecule has 1 amide bonds. The van der Waals surface area contributed by atoms with Crippen molar-refractivity contribution in [3.05, 3.63) is 29.8 Å². The van der Waals surface area contributed by atoms with Gasteiger partial charge in [-0.15, -0.1) is 0 Å². The van der Waals surface area contributed by atoms with Crippen LogP contribution in [0.3, 0.4) is 0 Å². The first-order valence-corrected chi connectivity index (χ1v) is 8.33. The number of sulfone groups is 1. The Bertz CT molecular complexity index is 605. The van der Waals surface area contributed by atoms with Crippen LogP contribution >= 0.6 is 0 Å². The second-order valence-electron chi connectivity index (χ2n) is 5.07. The quantitative estimate of drug-likeness (QED) is 0.792. The molecule has 0 heterocycles. The van der Waals surface area contributed by atoms with Crippen molar-refractivity contribution >= 4 is 21.7 Å². The first-order valence-electron chi connectivity index (χ1n) is 6.44. The molecule has 1 rings (SSSR count). The summed E-state index contributed by atoms with van der Waals surface area (Å²) in [5.41, 5.74) is 0.194. The largest absolute Gasteiger partial charge is 0.452 e. The van der Waals surface area contributed by atoms with E-state index in [9.17, 15) is 18.0 Å². The molecule has 6 nitrogen and oxygen atoms in total. The molecule has 0 saturated carbocycles. The van der Waals surface area contributed by atoms with Crippen LogP contribution < -0.4 is 5.32 Å². The molecule has 0 aromatic heterocycles. The Kier molecular flexibility index (Phi) is 5.90. The Morgan fingerprint density at radius 2 is 1.76 bits per heavy atom. The van der Waals surface area contributed by atoms with Gasteiger partial charge in [0.1, 0.15) is 0 Å². The van der Waals surface area contributed by atoms with Gasteiger partial charge in [0.2, 0.25) is 0 Å². The van der Waals surface area contributed by atoms with Gasteiger partial charge in [0.25, 0.3) is 5.91 Å². The molecule has 0 atom stereocenters. The van der Waals surface area contributed by atoms with Gasteiger partial charge in [-0.25, -0.2) is 13.2 Å². The van der Waals surface area contributed by atoms with Crippen LogP contribution in [0.2, 0.25) is 0 Å². The molecule has 0 fully saturated rings. The SMILES string of the molecule is CC(C)CNC(=O)COC(=O)c1ccc(S(C)(=O)=O)cc1. The number of carbonyl (C=O) groups excluding carboxylic acids is 2. The zero-order valence-corrected chi connectivity index (χ0v) is 13.1. The minimum Gasteiger partial charge on any atom is -0.452 e. The van der Waals surface area contributed by atoms with Crippen molar-refractivity contribution in [3.63, 3.8) is 0 Å². The third-order valence-corrected chi connectivity index (χ3v) is 3.69. The molecule has 0 saturated heterocycles. The summed E-state index contributed by atoms with van der Waals surface area (Å²) in [6.07, 6.45) is 1.08. The fourth-order valence-corrected chi connectivity index (χ4v) is 2.05. The minimum atomic E-state index is -3.30. The van der Waals surface area contributed by atoms with Crippen molar-refractivity contribution in [3.8, 4) is 0 Å². The van der Waals surface area contributed by atoms with E-state index in [1.807, 2.05) is 13.8 Å². The standard InChI is InChI=1S/C14H19NO5S/c1-10(2)8-15-13(16)9-20-14(17)11-4-6-12(7-5-11)21(3,18)19/h4-7,10H,8-9H2,1-3H3,(H,15,16). The van der Waals surface area contributed by atoms with Crippen LogP contribution in [0.4, 0.5) is 0 Å². The maximum atomic E-state index is 11.7. The number of esters is 1. The zero-order valence-electron chi connectivity index (χ0n) is 12.3. The van der Waals surface area contributed by atoms with Crippen molar-refractivity contribution in [2.75, 3.05) is 19.4 Å². The molecule has 1 N–H and O–H groups in total. The Hall–Kier alpha value is -1.89. The van der Waals surface area contributed by atoms with Gasteiger partial charge >= 0.3 is 5.97 Å². The average Bonchev–Trinajstić information content (AvgIpc) is 2.41. The number of hydrogen-bond donors (Lipinski definition) is 1. The van der Waals surface area contributed by atoms with Gasteiger partial charge in [0.15, 0.2) is 16.4 Å². The smallest absolute Gasteiger partial charge is 0.338 e. The number of ether oxygens (including phenoxy) is 1. The van der Waals surface area contributed by atoms with E-state index >= 15 is 0 Å². The molecule has 7 heteroatoms. The first-order chi connectivity index (χ1) is 9.70. The molecule has 0 radical (unpaired) electrons. The van der Waals surface area contributed by atoms with Gasteiger partial charge in [-0.05, 0) is 30.2 Å². The summed E-state index contributed by atoms with van der Waals surface area (Å²) in [5, 5.41) is 2.62. The summed E-state index contributed by atoms with van der Waals surface area (Å²) in [6, 6.07) is 5.35. The summed E-state index contributed by atoms with van der Waals surface area (Å²) in [7, 11) is -3.30. The molecular weight excluding hydrogens is 294 g/mol. The summed E-state index contributed by atoms with van der Waals surface area (Å²) in [4.78, 5) is 23.2. The molecule has 1 aromatic carbocycles. The summed E-state index contributed by atoms with van der Waals surface area (Å²) < 4.78 is 27.4. The van der Waals surface area contributed by atoms with Crippen LogP contribution in [0.5, 0.6) is 0 Å². The fraction of sp³-hybridized carbons (Fsp3) is 0.429. The minimum absolute atomic E-state index is 0.119. The maximum absolute atomic E-state index is 11.7. The lowest BCUT2D eigenvalue weighted by Crippen LogP contribution is -2.31. The second kappa shape index (κ2) is 7.21. The van der Waals surface area contributed by atoms with E-state index in [2.05, 4.69) is 5.32 Å². The van der Waals surface area contributed by atoms with Crippen LogP contribution in [-0.4, -0.2) is 39.7 Å².